The minimum atomic E-state index is -4.48. The summed E-state index contributed by atoms with van der Waals surface area (Å²) in [5.41, 5.74) is 3.64. The van der Waals surface area contributed by atoms with Gasteiger partial charge in [-0.25, -0.2) is 5.01 Å². The molecule has 2 aromatic carbocycles. The molecule has 2 aromatic rings. The lowest BCUT2D eigenvalue weighted by Crippen LogP contribution is -2.43. The number of aryl methyl sites for hydroxylation is 1. The molecule has 0 unspecified atom stereocenters. The third-order valence-electron chi connectivity index (χ3n) is 4.56. The number of carbonyl (C=O) groups is 1. The van der Waals surface area contributed by atoms with Crippen LogP contribution in [0.25, 0.3) is 10.8 Å². The van der Waals surface area contributed by atoms with Gasteiger partial charge >= 0.3 is 6.18 Å². The number of rotatable bonds is 5. The Morgan fingerprint density at radius 1 is 1.24 bits per heavy atom. The number of nitrogens with zero attached hydrogens (tertiary/aromatic N) is 1. The maximum Gasteiger partial charge on any atom is 0.409 e. The Morgan fingerprint density at radius 3 is 2.68 bits per heavy atom. The van der Waals surface area contributed by atoms with Crippen molar-refractivity contribution in [1.82, 2.24) is 10.4 Å². The predicted octanol–water partition coefficient (Wildman–Crippen LogP) is 4.52. The lowest BCUT2D eigenvalue weighted by molar-refractivity contribution is -0.190. The molecule has 0 saturated carbocycles. The van der Waals surface area contributed by atoms with E-state index in [0.29, 0.717) is 5.39 Å². The van der Waals surface area contributed by atoms with Crippen molar-refractivity contribution in [3.8, 4) is 0 Å². The number of benzene rings is 2. The van der Waals surface area contributed by atoms with Gasteiger partial charge < -0.3 is 0 Å². The third-order valence-corrected chi connectivity index (χ3v) is 4.56. The standard InChI is InChI=1S/C19H21F3N2O/c1-2-3-5-13-8-9-15-14(12-13)6-4-7-16(15)18(19(20,21)22)24-11-10-17(25)23-24/h4,6-9,12,18H,2-3,5,10-11H2,1H3,(H,23,25)/t18-/m0/s1. The summed E-state index contributed by atoms with van der Waals surface area (Å²) < 4.78 is 41.3. The molecule has 25 heavy (non-hydrogen) atoms. The summed E-state index contributed by atoms with van der Waals surface area (Å²) in [5.74, 6) is -0.378. The first-order chi connectivity index (χ1) is 11.9. The lowest BCUT2D eigenvalue weighted by Gasteiger charge is -2.30. The largest absolute Gasteiger partial charge is 0.409 e. The van der Waals surface area contributed by atoms with E-state index in [9.17, 15) is 18.0 Å². The SMILES string of the molecule is CCCCc1ccc2c([C@H](N3CCC(=O)N3)C(F)(F)F)cccc2c1. The zero-order valence-corrected chi connectivity index (χ0v) is 14.1. The maximum absolute atomic E-state index is 13.8. The Kier molecular flexibility index (Phi) is 4.99. The average molecular weight is 350 g/mol. The van der Waals surface area contributed by atoms with E-state index in [1.807, 2.05) is 18.2 Å². The Balaban J connectivity index is 2.03. The minimum absolute atomic E-state index is 0.0496. The van der Waals surface area contributed by atoms with Crippen molar-refractivity contribution in [2.75, 3.05) is 6.54 Å². The summed E-state index contributed by atoms with van der Waals surface area (Å²) in [4.78, 5) is 11.4. The first-order valence-corrected chi connectivity index (χ1v) is 8.54. The van der Waals surface area contributed by atoms with Crippen molar-refractivity contribution in [3.05, 3.63) is 47.5 Å². The third kappa shape index (κ3) is 3.79. The normalized spacial score (nSPS) is 17.0. The molecular weight excluding hydrogens is 329 g/mol. The molecule has 6 heteroatoms. The fourth-order valence-electron chi connectivity index (χ4n) is 3.34. The van der Waals surface area contributed by atoms with Crippen LogP contribution < -0.4 is 5.43 Å². The molecule has 0 spiro atoms. The van der Waals surface area contributed by atoms with Crippen molar-refractivity contribution in [2.45, 2.75) is 44.8 Å². The van der Waals surface area contributed by atoms with E-state index < -0.39 is 12.2 Å². The summed E-state index contributed by atoms with van der Waals surface area (Å²) >= 11 is 0. The average Bonchev–Trinajstić information content (AvgIpc) is 2.97. The van der Waals surface area contributed by atoms with Crippen LogP contribution >= 0.6 is 0 Å². The van der Waals surface area contributed by atoms with E-state index in [0.717, 1.165) is 35.2 Å². The number of hydrogen-bond donors (Lipinski definition) is 1. The second-order valence-electron chi connectivity index (χ2n) is 6.43. The number of halogens is 3. The fourth-order valence-corrected chi connectivity index (χ4v) is 3.34. The number of alkyl halides is 3. The van der Waals surface area contributed by atoms with Gasteiger partial charge in [-0.2, -0.15) is 13.2 Å². The zero-order chi connectivity index (χ0) is 18.0. The predicted molar refractivity (Wildman–Crippen MR) is 90.8 cm³/mol. The van der Waals surface area contributed by atoms with Crippen LogP contribution in [0.2, 0.25) is 0 Å². The molecule has 3 nitrogen and oxygen atoms in total. The lowest BCUT2D eigenvalue weighted by atomic mass is 9.95. The van der Waals surface area contributed by atoms with E-state index in [-0.39, 0.29) is 24.4 Å². The highest BCUT2D eigenvalue weighted by molar-refractivity contribution is 5.87. The van der Waals surface area contributed by atoms with Crippen molar-refractivity contribution >= 4 is 16.7 Å². The molecule has 1 aliphatic heterocycles. The summed E-state index contributed by atoms with van der Waals surface area (Å²) in [6, 6.07) is 8.77. The van der Waals surface area contributed by atoms with Gasteiger partial charge in [0.2, 0.25) is 5.91 Å². The first-order valence-electron chi connectivity index (χ1n) is 8.54. The van der Waals surface area contributed by atoms with Crippen LogP contribution in [0.3, 0.4) is 0 Å². The molecule has 1 saturated heterocycles. The number of amides is 1. The highest BCUT2D eigenvalue weighted by Gasteiger charge is 2.47. The van der Waals surface area contributed by atoms with Crippen molar-refractivity contribution in [1.29, 1.82) is 0 Å². The van der Waals surface area contributed by atoms with Gasteiger partial charge in [0.15, 0.2) is 6.04 Å². The molecular formula is C19H21F3N2O. The molecule has 0 radical (unpaired) electrons. The van der Waals surface area contributed by atoms with Crippen LogP contribution in [0, 0.1) is 0 Å². The molecule has 1 heterocycles. The molecule has 1 atom stereocenters. The van der Waals surface area contributed by atoms with Crippen LogP contribution in [-0.4, -0.2) is 23.6 Å². The first kappa shape index (κ1) is 17.7. The van der Waals surface area contributed by atoms with Gasteiger partial charge in [-0.15, -0.1) is 0 Å². The molecule has 0 aliphatic carbocycles. The van der Waals surface area contributed by atoms with E-state index >= 15 is 0 Å². The van der Waals surface area contributed by atoms with E-state index in [1.54, 1.807) is 12.1 Å². The quantitative estimate of drug-likeness (QED) is 0.860. The second kappa shape index (κ2) is 7.04. The molecule has 1 aliphatic rings. The van der Waals surface area contributed by atoms with Crippen LogP contribution in [0.4, 0.5) is 13.2 Å². The summed E-state index contributed by atoms with van der Waals surface area (Å²) in [6.45, 7) is 2.16. The molecule has 0 bridgehead atoms. The summed E-state index contributed by atoms with van der Waals surface area (Å²) in [7, 11) is 0. The molecule has 134 valence electrons. The van der Waals surface area contributed by atoms with Crippen LogP contribution in [-0.2, 0) is 11.2 Å². The molecule has 1 fully saturated rings. The van der Waals surface area contributed by atoms with E-state index in [1.165, 1.54) is 6.07 Å². The van der Waals surface area contributed by atoms with Crippen LogP contribution in [0.15, 0.2) is 36.4 Å². The topological polar surface area (TPSA) is 32.3 Å². The van der Waals surface area contributed by atoms with Crippen LogP contribution in [0.5, 0.6) is 0 Å². The highest BCUT2D eigenvalue weighted by atomic mass is 19.4. The number of fused-ring (bicyclic) bond motifs is 1. The Bertz CT molecular complexity index is 773. The zero-order valence-electron chi connectivity index (χ0n) is 14.1. The Labute approximate surface area is 144 Å². The molecule has 1 amide bonds. The molecule has 3 rings (SSSR count). The van der Waals surface area contributed by atoms with Crippen LogP contribution in [0.1, 0.15) is 43.4 Å². The van der Waals surface area contributed by atoms with Gasteiger partial charge in [-0.05, 0) is 34.7 Å². The highest BCUT2D eigenvalue weighted by Crippen LogP contribution is 2.40. The van der Waals surface area contributed by atoms with Gasteiger partial charge in [0, 0.05) is 13.0 Å². The second-order valence-corrected chi connectivity index (χ2v) is 6.43. The number of unbranched alkanes of at least 4 members (excludes halogenated alkanes) is 1. The number of nitrogens with one attached hydrogen (secondary N) is 1. The van der Waals surface area contributed by atoms with E-state index in [2.05, 4.69) is 12.3 Å². The van der Waals surface area contributed by atoms with E-state index in [4.69, 9.17) is 0 Å². The summed E-state index contributed by atoms with van der Waals surface area (Å²) in [5, 5.41) is 2.37. The summed E-state index contributed by atoms with van der Waals surface area (Å²) in [6.07, 6.45) is -1.36. The van der Waals surface area contributed by atoms with Crippen molar-refractivity contribution in [3.63, 3.8) is 0 Å². The number of hydrazine groups is 1. The van der Waals surface area contributed by atoms with Crippen molar-refractivity contribution in [2.24, 2.45) is 0 Å². The number of hydrogen-bond acceptors (Lipinski definition) is 2. The monoisotopic (exact) mass is 350 g/mol. The Hall–Kier alpha value is -2.08. The van der Waals surface area contributed by atoms with Gasteiger partial charge in [-0.1, -0.05) is 49.7 Å². The van der Waals surface area contributed by atoms with Gasteiger partial charge in [-0.3, -0.25) is 10.2 Å². The van der Waals surface area contributed by atoms with Gasteiger partial charge in [0.25, 0.3) is 0 Å². The molecule has 0 aromatic heterocycles. The van der Waals surface area contributed by atoms with Gasteiger partial charge in [0.05, 0.1) is 0 Å². The number of carbonyl (C=O) groups excluding carboxylic acids is 1. The fraction of sp³-hybridized carbons (Fsp3) is 0.421. The molecule has 1 N–H and O–H groups in total. The van der Waals surface area contributed by atoms with Crippen molar-refractivity contribution < 1.29 is 18.0 Å². The minimum Gasteiger partial charge on any atom is -0.288 e. The smallest absolute Gasteiger partial charge is 0.288 e. The maximum atomic E-state index is 13.8. The Morgan fingerprint density at radius 2 is 2.04 bits per heavy atom. The van der Waals surface area contributed by atoms with Gasteiger partial charge in [0.1, 0.15) is 0 Å².